The smallest absolute Gasteiger partial charge is 0.408 e. The Bertz CT molecular complexity index is 1070. The largest absolute Gasteiger partial charge is 0.496 e. The maximum Gasteiger partial charge on any atom is 0.408 e. The number of hydrogen-bond donors (Lipinski definition) is 4. The summed E-state index contributed by atoms with van der Waals surface area (Å²) >= 11 is 0. The van der Waals surface area contributed by atoms with Gasteiger partial charge in [0.2, 0.25) is 11.9 Å². The van der Waals surface area contributed by atoms with Gasteiger partial charge in [-0.25, -0.2) is 17.9 Å². The van der Waals surface area contributed by atoms with Gasteiger partial charge in [-0.3, -0.25) is 9.79 Å². The number of aliphatic imine (C=N–C) groups is 1. The molecule has 36 heavy (non-hydrogen) atoms. The molecule has 0 aromatic heterocycles. The summed E-state index contributed by atoms with van der Waals surface area (Å²) in [5, 5.41) is 5.06. The van der Waals surface area contributed by atoms with E-state index in [1.165, 1.54) is 14.2 Å². The van der Waals surface area contributed by atoms with Crippen molar-refractivity contribution in [3.63, 3.8) is 0 Å². The zero-order valence-corrected chi connectivity index (χ0v) is 23.1. The van der Waals surface area contributed by atoms with Crippen molar-refractivity contribution in [2.24, 2.45) is 10.7 Å². The molecule has 0 saturated heterocycles. The Hall–Kier alpha value is -3.06. The molecule has 1 aromatic rings. The molecule has 13 heteroatoms. The first-order valence-electron chi connectivity index (χ1n) is 11.4. The second-order valence-electron chi connectivity index (χ2n) is 9.16. The summed E-state index contributed by atoms with van der Waals surface area (Å²) in [7, 11) is -1.05. The molecule has 1 rings (SSSR count). The van der Waals surface area contributed by atoms with Crippen LogP contribution in [0, 0.1) is 20.8 Å². The minimum atomic E-state index is -3.99. The Morgan fingerprint density at radius 3 is 2.33 bits per heavy atom. The van der Waals surface area contributed by atoms with Gasteiger partial charge in [-0.15, -0.1) is 0 Å². The lowest BCUT2D eigenvalue weighted by Gasteiger charge is -2.23. The number of sulfonamides is 1. The van der Waals surface area contributed by atoms with Crippen molar-refractivity contribution in [2.75, 3.05) is 27.5 Å². The van der Waals surface area contributed by atoms with E-state index in [-0.39, 0.29) is 30.6 Å². The molecule has 12 nitrogen and oxygen atoms in total. The van der Waals surface area contributed by atoms with Crippen LogP contribution in [0.3, 0.4) is 0 Å². The van der Waals surface area contributed by atoms with Gasteiger partial charge in [-0.2, -0.15) is 0 Å². The SMILES string of the molecule is COCNC(=O)C(CCCN=C(N)NS(=O)(=O)c1c(C)cc(OC)c(C)c1C)NC(=O)OC(C)(C)C. The highest BCUT2D eigenvalue weighted by atomic mass is 32.2. The number of hydrogen-bond acceptors (Lipinski definition) is 8. The van der Waals surface area contributed by atoms with Gasteiger partial charge < -0.3 is 30.6 Å². The Balaban J connectivity index is 2.86. The monoisotopic (exact) mass is 529 g/mol. The summed E-state index contributed by atoms with van der Waals surface area (Å²) in [6.45, 7) is 10.3. The average Bonchev–Trinajstić information content (AvgIpc) is 2.74. The molecule has 0 bridgehead atoms. The summed E-state index contributed by atoms with van der Waals surface area (Å²) in [4.78, 5) is 28.7. The number of nitrogens with one attached hydrogen (secondary N) is 3. The Labute approximate surface area is 213 Å². The molecule has 204 valence electrons. The van der Waals surface area contributed by atoms with E-state index in [2.05, 4.69) is 20.3 Å². The fraction of sp³-hybridized carbons (Fsp3) is 0.609. The number of carbonyl (C=O) groups is 2. The molecule has 0 aliphatic rings. The topological polar surface area (TPSA) is 170 Å². The van der Waals surface area contributed by atoms with Crippen LogP contribution in [0.4, 0.5) is 4.79 Å². The molecule has 0 fully saturated rings. The Morgan fingerprint density at radius 2 is 1.78 bits per heavy atom. The zero-order chi connectivity index (χ0) is 27.7. The number of alkyl carbamates (subject to hydrolysis) is 1. The van der Waals surface area contributed by atoms with Crippen molar-refractivity contribution in [1.29, 1.82) is 0 Å². The van der Waals surface area contributed by atoms with Gasteiger partial charge in [0.15, 0.2) is 0 Å². The molecule has 1 unspecified atom stereocenters. The maximum atomic E-state index is 13.0. The molecule has 0 spiro atoms. The molecule has 0 saturated carbocycles. The van der Waals surface area contributed by atoms with Crippen LogP contribution < -0.4 is 25.8 Å². The van der Waals surface area contributed by atoms with Crippen LogP contribution in [-0.4, -0.2) is 65.5 Å². The van der Waals surface area contributed by atoms with Gasteiger partial charge in [-0.1, -0.05) is 0 Å². The fourth-order valence-corrected chi connectivity index (χ4v) is 4.83. The minimum absolute atomic E-state index is 0.0259. The first kappa shape index (κ1) is 31.0. The van der Waals surface area contributed by atoms with Crippen molar-refractivity contribution in [3.05, 3.63) is 22.8 Å². The van der Waals surface area contributed by atoms with Gasteiger partial charge >= 0.3 is 6.09 Å². The highest BCUT2D eigenvalue weighted by molar-refractivity contribution is 7.90. The summed E-state index contributed by atoms with van der Waals surface area (Å²) in [6, 6.07) is 0.743. The van der Waals surface area contributed by atoms with Crippen LogP contribution in [0.2, 0.25) is 0 Å². The van der Waals surface area contributed by atoms with E-state index in [0.29, 0.717) is 28.9 Å². The third-order valence-corrected chi connectivity index (χ3v) is 6.68. The number of nitrogens with two attached hydrogens (primary N) is 1. The van der Waals surface area contributed by atoms with Crippen LogP contribution in [0.1, 0.15) is 50.3 Å². The third-order valence-electron chi connectivity index (χ3n) is 5.04. The van der Waals surface area contributed by atoms with Gasteiger partial charge in [0, 0.05) is 13.7 Å². The number of carbonyl (C=O) groups excluding carboxylic acids is 2. The third kappa shape index (κ3) is 9.53. The molecule has 1 aromatic carbocycles. The molecule has 1 atom stereocenters. The number of methoxy groups -OCH3 is 2. The summed E-state index contributed by atoms with van der Waals surface area (Å²) in [5.41, 5.74) is 6.86. The number of ether oxygens (including phenoxy) is 3. The summed E-state index contributed by atoms with van der Waals surface area (Å²) < 4.78 is 43.6. The van der Waals surface area contributed by atoms with Crippen LogP contribution >= 0.6 is 0 Å². The van der Waals surface area contributed by atoms with Crippen LogP contribution in [0.25, 0.3) is 0 Å². The summed E-state index contributed by atoms with van der Waals surface area (Å²) in [5.74, 6) is -0.154. The van der Waals surface area contributed by atoms with E-state index in [1.54, 1.807) is 47.6 Å². The van der Waals surface area contributed by atoms with E-state index >= 15 is 0 Å². The number of aryl methyl sites for hydroxylation is 1. The van der Waals surface area contributed by atoms with Crippen molar-refractivity contribution < 1.29 is 32.2 Å². The number of guanidine groups is 1. The zero-order valence-electron chi connectivity index (χ0n) is 22.3. The van der Waals surface area contributed by atoms with E-state index in [1.807, 2.05) is 0 Å². The average molecular weight is 530 g/mol. The van der Waals surface area contributed by atoms with Gasteiger partial charge in [0.05, 0.1) is 12.0 Å². The molecular weight excluding hydrogens is 490 g/mol. The van der Waals surface area contributed by atoms with Crippen LogP contribution in [0.5, 0.6) is 5.75 Å². The quantitative estimate of drug-likeness (QED) is 0.145. The molecule has 0 radical (unpaired) electrons. The van der Waals surface area contributed by atoms with E-state index < -0.39 is 33.7 Å². The lowest BCUT2D eigenvalue weighted by Crippen LogP contribution is -2.48. The van der Waals surface area contributed by atoms with Crippen molar-refractivity contribution in [2.45, 2.75) is 70.9 Å². The molecule has 0 aliphatic heterocycles. The maximum absolute atomic E-state index is 13.0. The molecular formula is C23H39N5O7S. The van der Waals surface area contributed by atoms with Crippen LogP contribution in [0.15, 0.2) is 16.0 Å². The van der Waals surface area contributed by atoms with Crippen molar-refractivity contribution >= 4 is 28.0 Å². The number of rotatable bonds is 11. The second kappa shape index (κ2) is 13.3. The minimum Gasteiger partial charge on any atom is -0.496 e. The Morgan fingerprint density at radius 1 is 1.14 bits per heavy atom. The Kier molecular flexibility index (Phi) is 11.4. The normalized spacial score (nSPS) is 13.1. The standard InChI is InChI=1S/C23H39N5O7S/c1-14-12-18(34-8)15(2)16(3)19(14)36(31,32)28-21(24)25-11-9-10-17(20(29)26-13-33-7)27-22(30)35-23(4,5)6/h12,17H,9-11,13H2,1-8H3,(H,26,29)(H,27,30)(H3,24,25,28). The van der Waals surface area contributed by atoms with Gasteiger partial charge in [-0.05, 0) is 77.1 Å². The number of benzene rings is 1. The fourth-order valence-electron chi connectivity index (χ4n) is 3.35. The summed E-state index contributed by atoms with van der Waals surface area (Å²) in [6.07, 6.45) is -0.214. The molecule has 0 aliphatic carbocycles. The predicted molar refractivity (Wildman–Crippen MR) is 136 cm³/mol. The van der Waals surface area contributed by atoms with Gasteiger partial charge in [0.25, 0.3) is 10.0 Å². The second-order valence-corrected chi connectivity index (χ2v) is 10.8. The van der Waals surface area contributed by atoms with Gasteiger partial charge in [0.1, 0.15) is 24.1 Å². The molecule has 0 heterocycles. The number of amides is 2. The molecule has 5 N–H and O–H groups in total. The lowest BCUT2D eigenvalue weighted by atomic mass is 10.1. The van der Waals surface area contributed by atoms with Crippen molar-refractivity contribution in [3.8, 4) is 5.75 Å². The van der Waals surface area contributed by atoms with Crippen molar-refractivity contribution in [1.82, 2.24) is 15.4 Å². The first-order chi connectivity index (χ1) is 16.6. The van der Waals surface area contributed by atoms with E-state index in [4.69, 9.17) is 19.9 Å². The molecule has 2 amide bonds. The highest BCUT2D eigenvalue weighted by Crippen LogP contribution is 2.30. The highest BCUT2D eigenvalue weighted by Gasteiger charge is 2.25. The first-order valence-corrected chi connectivity index (χ1v) is 12.8. The van der Waals surface area contributed by atoms with Crippen LogP contribution in [-0.2, 0) is 24.3 Å². The van der Waals surface area contributed by atoms with E-state index in [0.717, 1.165) is 0 Å². The number of nitrogens with zero attached hydrogens (tertiary/aromatic N) is 1. The predicted octanol–water partition coefficient (Wildman–Crippen LogP) is 1.61. The lowest BCUT2D eigenvalue weighted by molar-refractivity contribution is -0.124. The van der Waals surface area contributed by atoms with E-state index in [9.17, 15) is 18.0 Å².